The van der Waals surface area contributed by atoms with E-state index in [1.165, 1.54) is 35.2 Å². The van der Waals surface area contributed by atoms with Crippen molar-refractivity contribution in [2.75, 3.05) is 23.4 Å². The predicted octanol–water partition coefficient (Wildman–Crippen LogP) is 2.10. The van der Waals surface area contributed by atoms with Gasteiger partial charge in [0, 0.05) is 43.1 Å². The molecule has 0 unspecified atom stereocenters. The smallest absolute Gasteiger partial charge is 0.416 e. The van der Waals surface area contributed by atoms with Gasteiger partial charge in [-0.2, -0.15) is 4.98 Å². The zero-order valence-electron chi connectivity index (χ0n) is 24.3. The highest BCUT2D eigenvalue weighted by Gasteiger charge is 2.46. The second-order valence-corrected chi connectivity index (χ2v) is 12.7. The van der Waals surface area contributed by atoms with E-state index in [9.17, 15) is 22.8 Å². The number of hydrogen-bond acceptors (Lipinski definition) is 11. The summed E-state index contributed by atoms with van der Waals surface area (Å²) in [4.78, 5) is 48.0. The Hall–Kier alpha value is -5.06. The Morgan fingerprint density at radius 3 is 2.61 bits per heavy atom. The summed E-state index contributed by atoms with van der Waals surface area (Å²) in [6.45, 7) is 0.716. The molecule has 15 nitrogen and oxygen atoms in total. The number of pyridine rings is 3. The second-order valence-electron chi connectivity index (χ2n) is 11.2. The molecule has 1 saturated heterocycles. The van der Waals surface area contributed by atoms with Crippen LogP contribution in [0.2, 0.25) is 0 Å². The lowest BCUT2D eigenvalue weighted by atomic mass is 9.88. The lowest BCUT2D eigenvalue weighted by Gasteiger charge is -2.33. The Kier molecular flexibility index (Phi) is 7.54. The molecule has 3 atom stereocenters. The summed E-state index contributed by atoms with van der Waals surface area (Å²) in [6.07, 6.45) is 1.19. The van der Waals surface area contributed by atoms with Crippen LogP contribution in [-0.4, -0.2) is 66.3 Å². The fourth-order valence-electron chi connectivity index (χ4n) is 6.01. The Balaban J connectivity index is 0.998. The monoisotopic (exact) mass is 647 g/mol. The third-order valence-electron chi connectivity index (χ3n) is 8.19. The van der Waals surface area contributed by atoms with E-state index in [0.717, 1.165) is 11.8 Å². The van der Waals surface area contributed by atoms with Gasteiger partial charge in [0.2, 0.25) is 15.9 Å². The number of carbonyl (C=O) groups excluding carboxylic acids is 2. The van der Waals surface area contributed by atoms with Crippen LogP contribution in [0.15, 0.2) is 70.4 Å². The number of amides is 2. The van der Waals surface area contributed by atoms with E-state index in [1.54, 1.807) is 34.9 Å². The number of carbonyl (C=O) groups is 2. The van der Waals surface area contributed by atoms with E-state index >= 15 is 0 Å². The van der Waals surface area contributed by atoms with Gasteiger partial charge in [-0.05, 0) is 61.4 Å². The van der Waals surface area contributed by atoms with E-state index in [-0.39, 0.29) is 52.9 Å². The maximum absolute atomic E-state index is 12.9. The molecule has 1 aromatic carbocycles. The number of sulfonamides is 1. The molecule has 5 heterocycles. The van der Waals surface area contributed by atoms with Crippen LogP contribution in [0.4, 0.5) is 16.4 Å². The minimum atomic E-state index is -3.83. The fraction of sp³-hybridized carbons (Fsp3) is 0.300. The van der Waals surface area contributed by atoms with E-state index in [4.69, 9.17) is 19.3 Å². The van der Waals surface area contributed by atoms with Crippen molar-refractivity contribution < 1.29 is 32.2 Å². The van der Waals surface area contributed by atoms with Gasteiger partial charge in [0.25, 0.3) is 11.5 Å². The number of fused-ring (bicyclic) bond motifs is 3. The molecule has 7 rings (SSSR count). The zero-order chi connectivity index (χ0) is 32.0. The number of anilines is 2. The highest BCUT2D eigenvalue weighted by Crippen LogP contribution is 2.37. The second kappa shape index (κ2) is 11.7. The predicted molar refractivity (Wildman–Crippen MR) is 164 cm³/mol. The Morgan fingerprint density at radius 2 is 1.80 bits per heavy atom. The van der Waals surface area contributed by atoms with Crippen molar-refractivity contribution in [3.05, 3.63) is 71.0 Å². The lowest BCUT2D eigenvalue weighted by Crippen LogP contribution is -2.46. The molecule has 2 fully saturated rings. The zero-order valence-corrected chi connectivity index (χ0v) is 25.1. The van der Waals surface area contributed by atoms with Gasteiger partial charge in [0.05, 0.1) is 10.9 Å². The van der Waals surface area contributed by atoms with Gasteiger partial charge < -0.3 is 24.8 Å². The van der Waals surface area contributed by atoms with Crippen LogP contribution < -0.4 is 35.7 Å². The van der Waals surface area contributed by atoms with Crippen LogP contribution in [0.5, 0.6) is 17.4 Å². The molecule has 1 aliphatic carbocycles. The van der Waals surface area contributed by atoms with Crippen molar-refractivity contribution in [3.8, 4) is 17.4 Å². The number of nitrogens with one attached hydrogen (secondary N) is 2. The number of aromatic nitrogens is 3. The molecular formula is C30H29N7O8S. The highest BCUT2D eigenvalue weighted by atomic mass is 32.2. The molecule has 1 saturated carbocycles. The summed E-state index contributed by atoms with van der Waals surface area (Å²) in [5.41, 5.74) is 0.218. The first-order valence-electron chi connectivity index (χ1n) is 14.6. The molecule has 3 aromatic heterocycles. The van der Waals surface area contributed by atoms with Gasteiger partial charge in [-0.15, -0.1) is 0 Å². The van der Waals surface area contributed by atoms with Crippen molar-refractivity contribution >= 4 is 44.7 Å². The number of nitrogens with two attached hydrogens (primary N) is 1. The van der Waals surface area contributed by atoms with Gasteiger partial charge in [-0.3, -0.25) is 19.1 Å². The maximum Gasteiger partial charge on any atom is 0.416 e. The average Bonchev–Trinajstić information content (AvgIpc) is 3.36. The molecule has 0 bridgehead atoms. The number of primary sulfonamides is 1. The molecule has 0 radical (unpaired) electrons. The molecular weight excluding hydrogens is 618 g/mol. The first-order chi connectivity index (χ1) is 22.1. The molecule has 4 N–H and O–H groups in total. The first kappa shape index (κ1) is 29.6. The van der Waals surface area contributed by atoms with Crippen molar-refractivity contribution in [3.63, 3.8) is 0 Å². The highest BCUT2D eigenvalue weighted by molar-refractivity contribution is 7.89. The van der Waals surface area contributed by atoms with Gasteiger partial charge >= 0.3 is 6.09 Å². The number of benzene rings is 1. The standard InChI is InChI=1S/C30H29N7O8S/c31-46(41,42)20-6-4-19(5-7-20)44-26-11-1-17-2-12-27(39)36(29(17)35-26)14-13-32-18-3-8-21-23(15-18)45-30(40)37(21)24-10-9-22-28(33-24)34-25(38)16-43-22/h1-2,4-7,9-12,18,21,23,32H,3,8,13-16H2,(H2,31,41,42)(H,33,34,38)/t18-,21+,23+/m0/s1. The summed E-state index contributed by atoms with van der Waals surface area (Å²) in [5.74, 6) is 1.39. The van der Waals surface area contributed by atoms with Crippen LogP contribution in [0.3, 0.4) is 0 Å². The Labute approximate surface area is 262 Å². The van der Waals surface area contributed by atoms with Crippen molar-refractivity contribution in [1.29, 1.82) is 0 Å². The molecule has 2 amide bonds. The maximum atomic E-state index is 12.9. The number of ether oxygens (including phenoxy) is 3. The summed E-state index contributed by atoms with van der Waals surface area (Å²) >= 11 is 0. The topological polar surface area (TPSA) is 197 Å². The third kappa shape index (κ3) is 5.84. The quantitative estimate of drug-likeness (QED) is 0.253. The summed E-state index contributed by atoms with van der Waals surface area (Å²) in [7, 11) is -3.83. The summed E-state index contributed by atoms with van der Waals surface area (Å²) < 4.78 is 41.5. The van der Waals surface area contributed by atoms with Gasteiger partial charge in [-0.1, -0.05) is 0 Å². The van der Waals surface area contributed by atoms with Gasteiger partial charge in [-0.25, -0.2) is 23.3 Å². The Bertz CT molecular complexity index is 2020. The number of nitrogens with zero attached hydrogens (tertiary/aromatic N) is 4. The minimum absolute atomic E-state index is 0.0391. The largest absolute Gasteiger partial charge is 0.480 e. The van der Waals surface area contributed by atoms with Crippen molar-refractivity contribution in [2.45, 2.75) is 48.9 Å². The molecule has 2 aliphatic heterocycles. The normalized spacial score (nSPS) is 20.8. The SMILES string of the molecule is NS(=O)(=O)c1ccc(Oc2ccc3ccc(=O)n(CCN[C@H]4CC[C@@H]5[C@@H](C4)OC(=O)N5c4ccc5c(n4)NC(=O)CO5)c3n2)cc1. The molecule has 238 valence electrons. The van der Waals surface area contributed by atoms with E-state index in [2.05, 4.69) is 20.6 Å². The molecule has 46 heavy (non-hydrogen) atoms. The van der Waals surface area contributed by atoms with Gasteiger partial charge in [0.1, 0.15) is 23.3 Å². The first-order valence-corrected chi connectivity index (χ1v) is 16.2. The number of rotatable bonds is 8. The number of hydrogen-bond donors (Lipinski definition) is 3. The van der Waals surface area contributed by atoms with Crippen LogP contribution in [0.25, 0.3) is 11.0 Å². The lowest BCUT2D eigenvalue weighted by molar-refractivity contribution is -0.118. The molecule has 3 aliphatic rings. The van der Waals surface area contributed by atoms with E-state index in [0.29, 0.717) is 48.9 Å². The average molecular weight is 648 g/mol. The van der Waals surface area contributed by atoms with Crippen LogP contribution in [-0.2, 0) is 26.1 Å². The van der Waals surface area contributed by atoms with E-state index < -0.39 is 16.1 Å². The Morgan fingerprint density at radius 1 is 1.00 bits per heavy atom. The van der Waals surface area contributed by atoms with Gasteiger partial charge in [0.15, 0.2) is 18.2 Å². The van der Waals surface area contributed by atoms with Crippen LogP contribution in [0, 0.1) is 0 Å². The summed E-state index contributed by atoms with van der Waals surface area (Å²) in [5, 5.41) is 12.1. The van der Waals surface area contributed by atoms with Crippen LogP contribution >= 0.6 is 0 Å². The van der Waals surface area contributed by atoms with E-state index in [1.807, 2.05) is 0 Å². The third-order valence-corrected chi connectivity index (χ3v) is 9.12. The minimum Gasteiger partial charge on any atom is -0.480 e. The molecule has 4 aromatic rings. The fourth-order valence-corrected chi connectivity index (χ4v) is 6.52. The summed E-state index contributed by atoms with van der Waals surface area (Å²) in [6, 6.07) is 15.5. The molecule has 0 spiro atoms. The van der Waals surface area contributed by atoms with Crippen LogP contribution in [0.1, 0.15) is 19.3 Å². The van der Waals surface area contributed by atoms with Crippen molar-refractivity contribution in [1.82, 2.24) is 19.9 Å². The molecule has 16 heteroatoms. The van der Waals surface area contributed by atoms with Crippen molar-refractivity contribution in [2.24, 2.45) is 5.14 Å².